The molecule has 2 aromatic carbocycles. The molecule has 5 rings (SSSR count). The molecule has 7 nitrogen and oxygen atoms in total. The van der Waals surface area contributed by atoms with Gasteiger partial charge in [-0.05, 0) is 59.8 Å². The number of aliphatic carboxylic acids is 1. The lowest BCUT2D eigenvalue weighted by Crippen LogP contribution is -2.51. The van der Waals surface area contributed by atoms with E-state index in [4.69, 9.17) is 4.74 Å². The van der Waals surface area contributed by atoms with Crippen LogP contribution in [0.25, 0.3) is 11.1 Å². The maximum absolute atomic E-state index is 12.7. The van der Waals surface area contributed by atoms with E-state index in [1.54, 1.807) is 0 Å². The third kappa shape index (κ3) is 4.58. The first-order chi connectivity index (χ1) is 16.0. The molecule has 2 amide bonds. The number of hydrogen-bond acceptors (Lipinski definition) is 4. The lowest BCUT2D eigenvalue weighted by Gasteiger charge is -2.25. The lowest BCUT2D eigenvalue weighted by atomic mass is 9.95. The maximum Gasteiger partial charge on any atom is 0.407 e. The highest BCUT2D eigenvalue weighted by atomic mass is 16.5. The van der Waals surface area contributed by atoms with Crippen molar-refractivity contribution in [1.82, 2.24) is 10.6 Å². The largest absolute Gasteiger partial charge is 0.481 e. The molecular weight excluding hydrogens is 420 g/mol. The first-order valence-corrected chi connectivity index (χ1v) is 11.6. The topological polar surface area (TPSA) is 105 Å². The molecule has 0 aliphatic heterocycles. The summed E-state index contributed by atoms with van der Waals surface area (Å²) in [7, 11) is 0. The summed E-state index contributed by atoms with van der Waals surface area (Å²) in [6, 6.07) is 14.9. The summed E-state index contributed by atoms with van der Waals surface area (Å²) < 4.78 is 5.49. The van der Waals surface area contributed by atoms with Crippen LogP contribution in [0.15, 0.2) is 48.5 Å². The molecule has 7 heteroatoms. The Bertz CT molecular complexity index is 1040. The predicted octanol–water partition coefficient (Wildman–Crippen LogP) is 3.67. The van der Waals surface area contributed by atoms with Crippen LogP contribution in [-0.4, -0.2) is 41.8 Å². The van der Waals surface area contributed by atoms with Crippen molar-refractivity contribution >= 4 is 18.0 Å². The third-order valence-electron chi connectivity index (χ3n) is 7.22. The van der Waals surface area contributed by atoms with Gasteiger partial charge in [0, 0.05) is 12.0 Å². The van der Waals surface area contributed by atoms with Crippen molar-refractivity contribution in [2.45, 2.75) is 50.1 Å². The van der Waals surface area contributed by atoms with Crippen LogP contribution >= 0.6 is 0 Å². The number of nitrogens with one attached hydrogen (secondary N) is 2. The SMILES string of the molecule is O=C(O)CC(NC(=O)OCC1c2ccccc2-c2ccccc21)C(=O)NC1CCC2CC2C1. The molecule has 3 aliphatic carbocycles. The number of carboxylic acid groups (broad SMARTS) is 1. The van der Waals surface area contributed by atoms with Crippen LogP contribution in [0.5, 0.6) is 0 Å². The summed E-state index contributed by atoms with van der Waals surface area (Å²) >= 11 is 0. The van der Waals surface area contributed by atoms with Crippen LogP contribution in [0.2, 0.25) is 0 Å². The van der Waals surface area contributed by atoms with Gasteiger partial charge in [0.25, 0.3) is 0 Å². The Morgan fingerprint density at radius 2 is 1.61 bits per heavy atom. The summed E-state index contributed by atoms with van der Waals surface area (Å²) in [5.74, 6) is -0.248. The number of carbonyl (C=O) groups is 3. The smallest absolute Gasteiger partial charge is 0.407 e. The van der Waals surface area contributed by atoms with Crippen molar-refractivity contribution in [3.8, 4) is 11.1 Å². The van der Waals surface area contributed by atoms with Crippen LogP contribution in [0.4, 0.5) is 4.79 Å². The summed E-state index contributed by atoms with van der Waals surface area (Å²) in [6.07, 6.45) is 2.87. The van der Waals surface area contributed by atoms with Crippen LogP contribution in [0.1, 0.15) is 49.1 Å². The van der Waals surface area contributed by atoms with Crippen molar-refractivity contribution < 1.29 is 24.2 Å². The molecule has 2 saturated carbocycles. The second kappa shape index (κ2) is 8.89. The van der Waals surface area contributed by atoms with Crippen molar-refractivity contribution in [1.29, 1.82) is 0 Å². The Kier molecular flexibility index (Phi) is 5.79. The van der Waals surface area contributed by atoms with Crippen molar-refractivity contribution in [3.63, 3.8) is 0 Å². The second-order valence-corrected chi connectivity index (χ2v) is 9.39. The molecule has 0 spiro atoms. The van der Waals surface area contributed by atoms with Crippen molar-refractivity contribution in [2.24, 2.45) is 11.8 Å². The molecule has 3 aliphatic rings. The van der Waals surface area contributed by atoms with Gasteiger partial charge in [-0.25, -0.2) is 4.79 Å². The van der Waals surface area contributed by atoms with Gasteiger partial charge < -0.3 is 20.5 Å². The average molecular weight is 449 g/mol. The molecule has 0 heterocycles. The van der Waals surface area contributed by atoms with Gasteiger partial charge in [-0.1, -0.05) is 48.5 Å². The van der Waals surface area contributed by atoms with Gasteiger partial charge in [0.15, 0.2) is 0 Å². The molecule has 2 fully saturated rings. The average Bonchev–Trinajstić information content (AvgIpc) is 3.51. The van der Waals surface area contributed by atoms with E-state index in [2.05, 4.69) is 22.8 Å². The van der Waals surface area contributed by atoms with Gasteiger partial charge in [-0.3, -0.25) is 9.59 Å². The van der Waals surface area contributed by atoms with Crippen LogP contribution in [-0.2, 0) is 14.3 Å². The van der Waals surface area contributed by atoms with Crippen LogP contribution in [0, 0.1) is 11.8 Å². The molecule has 172 valence electrons. The maximum atomic E-state index is 12.7. The van der Waals surface area contributed by atoms with Crippen LogP contribution in [0.3, 0.4) is 0 Å². The fourth-order valence-corrected chi connectivity index (χ4v) is 5.45. The number of amides is 2. The Hall–Kier alpha value is -3.35. The molecular formula is C26H28N2O5. The van der Waals surface area contributed by atoms with Gasteiger partial charge in [0.05, 0.1) is 6.42 Å². The highest BCUT2D eigenvalue weighted by Gasteiger charge is 2.42. The highest BCUT2D eigenvalue weighted by molar-refractivity contribution is 5.89. The fourth-order valence-electron chi connectivity index (χ4n) is 5.45. The summed E-state index contributed by atoms with van der Waals surface area (Å²) in [4.78, 5) is 36.6. The normalized spacial score (nSPS) is 23.5. The first kappa shape index (κ1) is 21.5. The Morgan fingerprint density at radius 1 is 0.939 bits per heavy atom. The molecule has 3 N–H and O–H groups in total. The Labute approximate surface area is 192 Å². The monoisotopic (exact) mass is 448 g/mol. The van der Waals surface area contributed by atoms with Gasteiger partial charge in [0.2, 0.25) is 5.91 Å². The van der Waals surface area contributed by atoms with E-state index in [1.807, 2.05) is 36.4 Å². The van der Waals surface area contributed by atoms with Gasteiger partial charge in [-0.15, -0.1) is 0 Å². The molecule has 4 atom stereocenters. The lowest BCUT2D eigenvalue weighted by molar-refractivity contribution is -0.140. The summed E-state index contributed by atoms with van der Waals surface area (Å²) in [5.41, 5.74) is 4.41. The zero-order valence-corrected chi connectivity index (χ0v) is 18.3. The quantitative estimate of drug-likeness (QED) is 0.599. The zero-order valence-electron chi connectivity index (χ0n) is 18.3. The van der Waals surface area contributed by atoms with Crippen LogP contribution < -0.4 is 10.6 Å². The zero-order chi connectivity index (χ0) is 22.9. The van der Waals surface area contributed by atoms with Gasteiger partial charge in [-0.2, -0.15) is 0 Å². The standard InChI is InChI=1S/C26H28N2O5/c29-24(30)13-23(25(31)27-17-10-9-15-11-16(15)12-17)28-26(32)33-14-22-20-7-3-1-5-18(20)19-6-2-4-8-21(19)22/h1-8,15-17,22-23H,9-14H2,(H,27,31)(H,28,32)(H,29,30). The molecule has 33 heavy (non-hydrogen) atoms. The number of benzene rings is 2. The molecule has 0 bridgehead atoms. The highest BCUT2D eigenvalue weighted by Crippen LogP contribution is 2.49. The molecule has 0 aromatic heterocycles. The summed E-state index contributed by atoms with van der Waals surface area (Å²) in [6.45, 7) is 0.104. The number of carbonyl (C=O) groups excluding carboxylic acids is 2. The van der Waals surface area contributed by atoms with Crippen molar-refractivity contribution in [3.05, 3.63) is 59.7 Å². The number of hydrogen-bond donors (Lipinski definition) is 3. The van der Waals surface area contributed by atoms with E-state index in [0.29, 0.717) is 5.92 Å². The van der Waals surface area contributed by atoms with E-state index in [9.17, 15) is 19.5 Å². The Morgan fingerprint density at radius 3 is 2.24 bits per heavy atom. The third-order valence-corrected chi connectivity index (χ3v) is 7.22. The van der Waals surface area contributed by atoms with E-state index < -0.39 is 30.4 Å². The number of rotatable bonds is 7. The van der Waals surface area contributed by atoms with Gasteiger partial charge >= 0.3 is 12.1 Å². The number of fused-ring (bicyclic) bond motifs is 4. The second-order valence-electron chi connectivity index (χ2n) is 9.39. The molecule has 0 saturated heterocycles. The van der Waals surface area contributed by atoms with Gasteiger partial charge in [0.1, 0.15) is 12.6 Å². The first-order valence-electron chi connectivity index (χ1n) is 11.6. The minimum atomic E-state index is -1.17. The molecule has 0 radical (unpaired) electrons. The van der Waals surface area contributed by atoms with E-state index in [-0.39, 0.29) is 18.6 Å². The minimum Gasteiger partial charge on any atom is -0.481 e. The number of ether oxygens (including phenoxy) is 1. The minimum absolute atomic E-state index is 0.0434. The van der Waals surface area contributed by atoms with Crippen molar-refractivity contribution in [2.75, 3.05) is 6.61 Å². The molecule has 4 unspecified atom stereocenters. The van der Waals surface area contributed by atoms with E-state index >= 15 is 0 Å². The number of alkyl carbamates (subject to hydrolysis) is 1. The summed E-state index contributed by atoms with van der Waals surface area (Å²) in [5, 5.41) is 14.7. The van der Waals surface area contributed by atoms with E-state index in [1.165, 1.54) is 6.42 Å². The molecule has 2 aromatic rings. The Balaban J connectivity index is 1.21. The number of carboxylic acids is 1. The predicted molar refractivity (Wildman–Crippen MR) is 122 cm³/mol. The van der Waals surface area contributed by atoms with E-state index in [0.717, 1.165) is 47.4 Å². The fraction of sp³-hybridized carbons (Fsp3) is 0.423.